The Labute approximate surface area is 122 Å². The zero-order valence-corrected chi connectivity index (χ0v) is 12.0. The van der Waals surface area contributed by atoms with E-state index < -0.39 is 0 Å². The Balaban J connectivity index is 2.03. The number of methoxy groups -OCH3 is 1. The maximum absolute atomic E-state index is 12.2. The molecular weight excluding hydrogens is 268 g/mol. The van der Waals surface area contributed by atoms with Crippen molar-refractivity contribution < 1.29 is 9.53 Å². The summed E-state index contributed by atoms with van der Waals surface area (Å²) in [5.74, 6) is -0.211. The zero-order valence-electron chi connectivity index (χ0n) is 12.0. The summed E-state index contributed by atoms with van der Waals surface area (Å²) in [6.45, 7) is 0.0126. The number of carbonyl (C=O) groups excluding carboxylic acids is 1. The number of anilines is 1. The van der Waals surface area contributed by atoms with Crippen LogP contribution in [0.4, 0.5) is 5.69 Å². The summed E-state index contributed by atoms with van der Waals surface area (Å²) in [5, 5.41) is 3.83. The molecule has 0 saturated heterocycles. The van der Waals surface area contributed by atoms with E-state index in [-0.39, 0.29) is 18.1 Å². The Hall–Kier alpha value is -2.14. The van der Waals surface area contributed by atoms with E-state index >= 15 is 0 Å². The van der Waals surface area contributed by atoms with Gasteiger partial charge in [0.1, 0.15) is 6.61 Å². The van der Waals surface area contributed by atoms with Gasteiger partial charge in [-0.2, -0.15) is 0 Å². The largest absolute Gasteiger partial charge is 0.375 e. The molecule has 1 aliphatic carbocycles. The van der Waals surface area contributed by atoms with E-state index in [0.717, 1.165) is 47.7 Å². The first-order valence-corrected chi connectivity index (χ1v) is 7.15. The predicted octanol–water partition coefficient (Wildman–Crippen LogP) is 1.99. The molecule has 3 rings (SSSR count). The fourth-order valence-electron chi connectivity index (χ4n) is 2.97. The van der Waals surface area contributed by atoms with E-state index in [2.05, 4.69) is 10.3 Å². The molecule has 1 heterocycles. The second-order valence-electron chi connectivity index (χ2n) is 5.36. The fraction of sp³-hybridized carbons (Fsp3) is 0.375. The van der Waals surface area contributed by atoms with Crippen LogP contribution in [-0.4, -0.2) is 24.6 Å². The van der Waals surface area contributed by atoms with Gasteiger partial charge in [0.05, 0.1) is 5.52 Å². The Morgan fingerprint density at radius 1 is 1.29 bits per heavy atom. The van der Waals surface area contributed by atoms with E-state index in [1.54, 1.807) is 6.07 Å². The normalized spacial score (nSPS) is 14.0. The summed E-state index contributed by atoms with van der Waals surface area (Å²) in [5.41, 5.74) is 3.52. The number of pyridine rings is 1. The number of H-pyrrole nitrogens is 1. The summed E-state index contributed by atoms with van der Waals surface area (Å²) in [4.78, 5) is 26.6. The average Bonchev–Trinajstić information content (AvgIpc) is 2.47. The fourth-order valence-corrected chi connectivity index (χ4v) is 2.97. The van der Waals surface area contributed by atoms with Crippen LogP contribution in [0, 0.1) is 0 Å². The van der Waals surface area contributed by atoms with Gasteiger partial charge < -0.3 is 15.0 Å². The third-order valence-corrected chi connectivity index (χ3v) is 3.89. The van der Waals surface area contributed by atoms with Crippen molar-refractivity contribution in [3.05, 3.63) is 39.7 Å². The second kappa shape index (κ2) is 5.69. The number of carbonyl (C=O) groups is 1. The Morgan fingerprint density at radius 2 is 2.05 bits per heavy atom. The molecule has 0 bridgehead atoms. The van der Waals surface area contributed by atoms with Crippen molar-refractivity contribution in [3.63, 3.8) is 0 Å². The van der Waals surface area contributed by atoms with Crippen LogP contribution in [0.5, 0.6) is 0 Å². The van der Waals surface area contributed by atoms with Crippen molar-refractivity contribution in [3.8, 4) is 0 Å². The number of fused-ring (bicyclic) bond motifs is 3. The lowest BCUT2D eigenvalue weighted by Crippen LogP contribution is -2.20. The minimum absolute atomic E-state index is 0.00225. The minimum atomic E-state index is -0.211. The van der Waals surface area contributed by atoms with Gasteiger partial charge in [-0.1, -0.05) is 6.07 Å². The van der Waals surface area contributed by atoms with Crippen LogP contribution in [0.2, 0.25) is 0 Å². The van der Waals surface area contributed by atoms with Crippen molar-refractivity contribution in [1.29, 1.82) is 0 Å². The standard InChI is InChI=1S/C16H18N2O3/c1-21-9-15(19)17-10-6-7-12-11-4-2-3-5-13(11)16(20)18-14(12)8-10/h6-8H,2-5,9H2,1H3,(H,17,19)(H,18,20). The Bertz CT molecular complexity index is 749. The van der Waals surface area contributed by atoms with Crippen molar-refractivity contribution in [2.45, 2.75) is 25.7 Å². The van der Waals surface area contributed by atoms with Crippen LogP contribution in [0.15, 0.2) is 23.0 Å². The first kappa shape index (κ1) is 13.8. The number of aryl methyl sites for hydroxylation is 1. The molecular formula is C16H18N2O3. The van der Waals surface area contributed by atoms with Crippen molar-refractivity contribution in [2.75, 3.05) is 19.0 Å². The van der Waals surface area contributed by atoms with E-state index in [1.807, 2.05) is 12.1 Å². The highest BCUT2D eigenvalue weighted by Gasteiger charge is 2.16. The molecule has 0 radical (unpaired) electrons. The summed E-state index contributed by atoms with van der Waals surface area (Å²) in [6.07, 6.45) is 4.00. The highest BCUT2D eigenvalue weighted by atomic mass is 16.5. The number of hydrogen-bond acceptors (Lipinski definition) is 3. The van der Waals surface area contributed by atoms with Gasteiger partial charge in [-0.05, 0) is 43.4 Å². The summed E-state index contributed by atoms with van der Waals surface area (Å²) >= 11 is 0. The number of ether oxygens (including phenoxy) is 1. The molecule has 2 N–H and O–H groups in total. The van der Waals surface area contributed by atoms with E-state index in [9.17, 15) is 9.59 Å². The SMILES string of the molecule is COCC(=O)Nc1ccc2c3c(c(=O)[nH]c2c1)CCCC3. The van der Waals surface area contributed by atoms with Crippen LogP contribution < -0.4 is 10.9 Å². The van der Waals surface area contributed by atoms with Crippen molar-refractivity contribution in [2.24, 2.45) is 0 Å². The zero-order chi connectivity index (χ0) is 14.8. The van der Waals surface area contributed by atoms with Gasteiger partial charge in [0.25, 0.3) is 5.56 Å². The maximum Gasteiger partial charge on any atom is 0.251 e. The summed E-state index contributed by atoms with van der Waals surface area (Å²) in [6, 6.07) is 5.64. The van der Waals surface area contributed by atoms with Crippen LogP contribution in [0.3, 0.4) is 0 Å². The van der Waals surface area contributed by atoms with Gasteiger partial charge in [-0.15, -0.1) is 0 Å². The molecule has 0 aliphatic heterocycles. The number of hydrogen-bond donors (Lipinski definition) is 2. The number of aromatic nitrogens is 1. The van der Waals surface area contributed by atoms with Gasteiger partial charge in [0.15, 0.2) is 0 Å². The molecule has 21 heavy (non-hydrogen) atoms. The molecule has 0 unspecified atom stereocenters. The number of benzene rings is 1. The second-order valence-corrected chi connectivity index (χ2v) is 5.36. The highest BCUT2D eigenvalue weighted by Crippen LogP contribution is 2.27. The monoisotopic (exact) mass is 286 g/mol. The van der Waals surface area contributed by atoms with Crippen molar-refractivity contribution >= 4 is 22.5 Å². The van der Waals surface area contributed by atoms with Crippen LogP contribution >= 0.6 is 0 Å². The first-order chi connectivity index (χ1) is 10.2. The molecule has 5 nitrogen and oxygen atoms in total. The third-order valence-electron chi connectivity index (χ3n) is 3.89. The number of amides is 1. The van der Waals surface area contributed by atoms with Gasteiger partial charge >= 0.3 is 0 Å². The summed E-state index contributed by atoms with van der Waals surface area (Å²) in [7, 11) is 1.48. The molecule has 1 amide bonds. The lowest BCUT2D eigenvalue weighted by atomic mass is 9.90. The number of aromatic amines is 1. The Kier molecular flexibility index (Phi) is 3.75. The first-order valence-electron chi connectivity index (χ1n) is 7.15. The van der Waals surface area contributed by atoms with E-state index in [4.69, 9.17) is 4.74 Å². The lowest BCUT2D eigenvalue weighted by Gasteiger charge is -2.17. The van der Waals surface area contributed by atoms with Crippen LogP contribution in [-0.2, 0) is 22.4 Å². The molecule has 0 spiro atoms. The summed E-state index contributed by atoms with van der Waals surface area (Å²) < 4.78 is 4.79. The number of rotatable bonds is 3. The molecule has 1 aromatic heterocycles. The smallest absolute Gasteiger partial charge is 0.251 e. The van der Waals surface area contributed by atoms with Crippen LogP contribution in [0.1, 0.15) is 24.0 Å². The van der Waals surface area contributed by atoms with Gasteiger partial charge in [0.2, 0.25) is 5.91 Å². The third kappa shape index (κ3) is 2.69. The Morgan fingerprint density at radius 3 is 2.81 bits per heavy atom. The van der Waals surface area contributed by atoms with Crippen LogP contribution in [0.25, 0.3) is 10.9 Å². The molecule has 1 aliphatic rings. The highest BCUT2D eigenvalue weighted by molar-refractivity contribution is 5.95. The molecule has 5 heteroatoms. The quantitative estimate of drug-likeness (QED) is 0.906. The molecule has 110 valence electrons. The molecule has 0 fully saturated rings. The number of nitrogens with one attached hydrogen (secondary N) is 2. The maximum atomic E-state index is 12.2. The lowest BCUT2D eigenvalue weighted by molar-refractivity contribution is -0.119. The van der Waals surface area contributed by atoms with E-state index in [0.29, 0.717) is 5.69 Å². The predicted molar refractivity (Wildman–Crippen MR) is 81.7 cm³/mol. The molecule has 2 aromatic rings. The van der Waals surface area contributed by atoms with Gasteiger partial charge in [-0.25, -0.2) is 0 Å². The van der Waals surface area contributed by atoms with E-state index in [1.165, 1.54) is 7.11 Å². The molecule has 1 aromatic carbocycles. The average molecular weight is 286 g/mol. The van der Waals surface area contributed by atoms with Gasteiger partial charge in [-0.3, -0.25) is 9.59 Å². The molecule has 0 atom stereocenters. The van der Waals surface area contributed by atoms with Crippen molar-refractivity contribution in [1.82, 2.24) is 4.98 Å². The molecule has 0 saturated carbocycles. The topological polar surface area (TPSA) is 71.2 Å². The van der Waals surface area contributed by atoms with Gasteiger partial charge in [0, 0.05) is 23.7 Å². The minimum Gasteiger partial charge on any atom is -0.375 e.